The SMILES string of the molecule is CCNC(=NCC(=O)N1CCCC1)NCCCOCC(F)(F)F.I. The first-order valence-corrected chi connectivity index (χ1v) is 7.87. The minimum Gasteiger partial charge on any atom is -0.372 e. The average Bonchev–Trinajstić information content (AvgIpc) is 3.01. The Bertz CT molecular complexity index is 389. The summed E-state index contributed by atoms with van der Waals surface area (Å²) in [6.45, 7) is 3.37. The standard InChI is InChI=1S/C14H25F3N4O2.HI/c1-2-18-13(19-6-5-9-23-11-14(15,16)17)20-10-12(22)21-7-3-4-8-21;/h2-11H2,1H3,(H2,18,19,20);1H. The number of aliphatic imine (C=N–C) groups is 1. The second-order valence-corrected chi connectivity index (χ2v) is 5.23. The summed E-state index contributed by atoms with van der Waals surface area (Å²) in [5.41, 5.74) is 0. The van der Waals surface area contributed by atoms with Crippen LogP contribution in [-0.4, -0.2) is 68.9 Å². The monoisotopic (exact) mass is 466 g/mol. The molecule has 0 spiro atoms. The van der Waals surface area contributed by atoms with Gasteiger partial charge < -0.3 is 20.3 Å². The van der Waals surface area contributed by atoms with E-state index in [0.717, 1.165) is 25.9 Å². The van der Waals surface area contributed by atoms with E-state index in [1.807, 2.05) is 6.92 Å². The normalized spacial score (nSPS) is 15.2. The number of carbonyl (C=O) groups excluding carboxylic acids is 1. The third-order valence-corrected chi connectivity index (χ3v) is 3.20. The van der Waals surface area contributed by atoms with Gasteiger partial charge in [-0.25, -0.2) is 4.99 Å². The van der Waals surface area contributed by atoms with Crippen LogP contribution >= 0.6 is 24.0 Å². The van der Waals surface area contributed by atoms with Crippen LogP contribution in [0.5, 0.6) is 0 Å². The highest BCUT2D eigenvalue weighted by Crippen LogP contribution is 2.14. The maximum absolute atomic E-state index is 11.9. The van der Waals surface area contributed by atoms with Crippen LogP contribution in [0.4, 0.5) is 13.2 Å². The Morgan fingerprint density at radius 3 is 2.50 bits per heavy atom. The Hall–Kier alpha value is -0.780. The number of alkyl halides is 3. The van der Waals surface area contributed by atoms with Crippen molar-refractivity contribution < 1.29 is 22.7 Å². The number of guanidine groups is 1. The fourth-order valence-corrected chi connectivity index (χ4v) is 2.12. The van der Waals surface area contributed by atoms with E-state index in [4.69, 9.17) is 0 Å². The van der Waals surface area contributed by atoms with E-state index in [2.05, 4.69) is 20.4 Å². The molecule has 1 heterocycles. The van der Waals surface area contributed by atoms with Gasteiger partial charge in [0.15, 0.2) is 5.96 Å². The van der Waals surface area contributed by atoms with Gasteiger partial charge in [-0.3, -0.25) is 4.79 Å². The highest BCUT2D eigenvalue weighted by molar-refractivity contribution is 14.0. The molecule has 1 amide bonds. The van der Waals surface area contributed by atoms with Crippen molar-refractivity contribution >= 4 is 35.8 Å². The number of amides is 1. The Kier molecular flexibility index (Phi) is 12.2. The summed E-state index contributed by atoms with van der Waals surface area (Å²) in [5.74, 6) is 0.476. The Balaban J connectivity index is 0.00000529. The van der Waals surface area contributed by atoms with E-state index < -0.39 is 12.8 Å². The van der Waals surface area contributed by atoms with E-state index in [9.17, 15) is 18.0 Å². The number of carbonyl (C=O) groups is 1. The maximum atomic E-state index is 11.9. The summed E-state index contributed by atoms with van der Waals surface area (Å²) < 4.78 is 40.2. The van der Waals surface area contributed by atoms with Crippen LogP contribution in [0.25, 0.3) is 0 Å². The summed E-state index contributed by atoms with van der Waals surface area (Å²) in [5, 5.41) is 5.96. The van der Waals surface area contributed by atoms with Gasteiger partial charge >= 0.3 is 6.18 Å². The quantitative estimate of drug-likeness (QED) is 0.248. The lowest BCUT2D eigenvalue weighted by Crippen LogP contribution is -2.39. The third kappa shape index (κ3) is 10.9. The number of rotatable bonds is 8. The zero-order valence-corrected chi connectivity index (χ0v) is 16.2. The van der Waals surface area contributed by atoms with Crippen molar-refractivity contribution in [1.82, 2.24) is 15.5 Å². The van der Waals surface area contributed by atoms with E-state index in [1.165, 1.54) is 0 Å². The molecule has 1 rings (SSSR count). The van der Waals surface area contributed by atoms with E-state index >= 15 is 0 Å². The second-order valence-electron chi connectivity index (χ2n) is 5.23. The van der Waals surface area contributed by atoms with Crippen molar-refractivity contribution in [2.45, 2.75) is 32.4 Å². The summed E-state index contributed by atoms with van der Waals surface area (Å²) in [7, 11) is 0. The van der Waals surface area contributed by atoms with E-state index in [0.29, 0.717) is 25.5 Å². The Morgan fingerprint density at radius 2 is 1.92 bits per heavy atom. The minimum absolute atomic E-state index is 0. The number of hydrogen-bond donors (Lipinski definition) is 2. The van der Waals surface area contributed by atoms with Gasteiger partial charge in [-0.05, 0) is 26.2 Å². The molecule has 1 aliphatic heterocycles. The van der Waals surface area contributed by atoms with Gasteiger partial charge in [-0.2, -0.15) is 13.2 Å². The number of halogens is 4. The molecule has 0 aromatic heterocycles. The van der Waals surface area contributed by atoms with Crippen molar-refractivity contribution in [3.8, 4) is 0 Å². The zero-order valence-electron chi connectivity index (χ0n) is 13.8. The van der Waals surface area contributed by atoms with Gasteiger partial charge in [0, 0.05) is 32.8 Å². The second kappa shape index (κ2) is 12.6. The van der Waals surface area contributed by atoms with Gasteiger partial charge in [-0.15, -0.1) is 24.0 Å². The molecule has 24 heavy (non-hydrogen) atoms. The fraction of sp³-hybridized carbons (Fsp3) is 0.857. The molecule has 0 aliphatic carbocycles. The molecule has 0 aromatic rings. The predicted molar refractivity (Wildman–Crippen MR) is 96.7 cm³/mol. The first-order valence-electron chi connectivity index (χ1n) is 7.87. The highest BCUT2D eigenvalue weighted by Gasteiger charge is 2.27. The van der Waals surface area contributed by atoms with Gasteiger partial charge in [0.25, 0.3) is 0 Å². The highest BCUT2D eigenvalue weighted by atomic mass is 127. The topological polar surface area (TPSA) is 66.0 Å². The molecule has 0 saturated carbocycles. The van der Waals surface area contributed by atoms with Gasteiger partial charge in [0.2, 0.25) is 5.91 Å². The number of ether oxygens (including phenoxy) is 1. The van der Waals surface area contributed by atoms with Gasteiger partial charge in [0.1, 0.15) is 13.2 Å². The molecule has 10 heteroatoms. The number of hydrogen-bond acceptors (Lipinski definition) is 3. The fourth-order valence-electron chi connectivity index (χ4n) is 2.12. The molecule has 1 fully saturated rings. The van der Waals surface area contributed by atoms with Crippen LogP contribution in [0.15, 0.2) is 4.99 Å². The Morgan fingerprint density at radius 1 is 1.25 bits per heavy atom. The summed E-state index contributed by atoms with van der Waals surface area (Å²) >= 11 is 0. The third-order valence-electron chi connectivity index (χ3n) is 3.20. The maximum Gasteiger partial charge on any atom is 0.411 e. The molecule has 0 unspecified atom stereocenters. The van der Waals surface area contributed by atoms with Crippen molar-refractivity contribution in [3.63, 3.8) is 0 Å². The summed E-state index contributed by atoms with van der Waals surface area (Å²) in [4.78, 5) is 17.9. The van der Waals surface area contributed by atoms with Crippen LogP contribution in [0, 0.1) is 0 Å². The molecule has 1 saturated heterocycles. The molecule has 6 nitrogen and oxygen atoms in total. The molecule has 142 valence electrons. The van der Waals surface area contributed by atoms with Gasteiger partial charge in [-0.1, -0.05) is 0 Å². The first-order chi connectivity index (χ1) is 10.9. The lowest BCUT2D eigenvalue weighted by Gasteiger charge is -2.15. The number of nitrogens with one attached hydrogen (secondary N) is 2. The van der Waals surface area contributed by atoms with Crippen LogP contribution in [0.1, 0.15) is 26.2 Å². The first kappa shape index (κ1) is 23.2. The van der Waals surface area contributed by atoms with E-state index in [-0.39, 0.29) is 43.0 Å². The van der Waals surface area contributed by atoms with Crippen molar-refractivity contribution in [2.75, 3.05) is 45.9 Å². The average molecular weight is 466 g/mol. The molecule has 0 radical (unpaired) electrons. The largest absolute Gasteiger partial charge is 0.411 e. The van der Waals surface area contributed by atoms with Crippen LogP contribution in [0.3, 0.4) is 0 Å². The molecule has 0 bridgehead atoms. The van der Waals surface area contributed by atoms with Crippen LogP contribution in [-0.2, 0) is 9.53 Å². The smallest absolute Gasteiger partial charge is 0.372 e. The molecule has 1 aliphatic rings. The molecule has 0 atom stereocenters. The summed E-state index contributed by atoms with van der Waals surface area (Å²) in [6, 6.07) is 0. The molecule has 0 aromatic carbocycles. The number of likely N-dealkylation sites (tertiary alicyclic amines) is 1. The van der Waals surface area contributed by atoms with Crippen molar-refractivity contribution in [2.24, 2.45) is 4.99 Å². The number of nitrogens with zero attached hydrogens (tertiary/aromatic N) is 2. The molecular formula is C14H26F3IN4O2. The lowest BCUT2D eigenvalue weighted by molar-refractivity contribution is -0.173. The van der Waals surface area contributed by atoms with E-state index in [1.54, 1.807) is 4.90 Å². The summed E-state index contributed by atoms with van der Waals surface area (Å²) in [6.07, 6.45) is -1.81. The van der Waals surface area contributed by atoms with Crippen LogP contribution in [0.2, 0.25) is 0 Å². The predicted octanol–water partition coefficient (Wildman–Crippen LogP) is 1.75. The van der Waals surface area contributed by atoms with Gasteiger partial charge in [0.05, 0.1) is 0 Å². The lowest BCUT2D eigenvalue weighted by atomic mass is 10.4. The van der Waals surface area contributed by atoms with Crippen molar-refractivity contribution in [1.29, 1.82) is 0 Å². The van der Waals surface area contributed by atoms with Crippen molar-refractivity contribution in [3.05, 3.63) is 0 Å². The zero-order chi connectivity index (χ0) is 17.1. The molecular weight excluding hydrogens is 440 g/mol. The van der Waals surface area contributed by atoms with Crippen LogP contribution < -0.4 is 10.6 Å². The molecule has 2 N–H and O–H groups in total. The Labute approximate surface area is 157 Å². The minimum atomic E-state index is -4.29.